The van der Waals surface area contributed by atoms with Crippen LogP contribution in [0.2, 0.25) is 0 Å². The highest BCUT2D eigenvalue weighted by Gasteiger charge is 2.31. The van der Waals surface area contributed by atoms with Gasteiger partial charge in [-0.05, 0) is 77.6 Å². The highest BCUT2D eigenvalue weighted by Crippen LogP contribution is 2.43. The van der Waals surface area contributed by atoms with Gasteiger partial charge in [0.25, 0.3) is 5.82 Å². The predicted octanol–water partition coefficient (Wildman–Crippen LogP) is 9.13. The molecule has 0 aliphatic carbocycles. The van der Waals surface area contributed by atoms with Gasteiger partial charge in [0.05, 0.1) is 12.6 Å². The molecule has 42 heavy (non-hydrogen) atoms. The number of aromatic nitrogens is 3. The van der Waals surface area contributed by atoms with Crippen molar-refractivity contribution in [3.63, 3.8) is 0 Å². The molecule has 0 aliphatic rings. The van der Waals surface area contributed by atoms with Gasteiger partial charge in [0.15, 0.2) is 11.0 Å². The molecule has 5 aromatic carbocycles. The summed E-state index contributed by atoms with van der Waals surface area (Å²) in [6.07, 6.45) is 3.87. The van der Waals surface area contributed by atoms with Crippen molar-refractivity contribution in [2.45, 2.75) is 13.8 Å². The lowest BCUT2D eigenvalue weighted by Gasteiger charge is -2.18. The minimum absolute atomic E-state index is 1.10. The summed E-state index contributed by atoms with van der Waals surface area (Å²) < 4.78 is 4.78. The lowest BCUT2D eigenvalue weighted by molar-refractivity contribution is -0.633. The first-order valence-electron chi connectivity index (χ1n) is 14.4. The van der Waals surface area contributed by atoms with E-state index in [1.54, 1.807) is 0 Å². The SMILES string of the molecule is Cc1ccc2c(c1)[n+](C)c(-c1cnccc1C)n2-c1c(-c2ccccc2)cc(-c2ccccc2)cc1-c1ccccc1. The number of fused-ring (bicyclic) bond motifs is 1. The van der Waals surface area contributed by atoms with Crippen LogP contribution in [-0.4, -0.2) is 9.55 Å². The van der Waals surface area contributed by atoms with Crippen LogP contribution in [0.25, 0.3) is 61.5 Å². The van der Waals surface area contributed by atoms with E-state index in [9.17, 15) is 0 Å². The summed E-state index contributed by atoms with van der Waals surface area (Å²) in [7, 11) is 2.17. The molecule has 0 amide bonds. The van der Waals surface area contributed by atoms with E-state index in [2.05, 4.69) is 162 Å². The molecular weight excluding hydrogens is 510 g/mol. The molecule has 0 saturated heterocycles. The summed E-state index contributed by atoms with van der Waals surface area (Å²) in [6, 6.07) is 45.8. The van der Waals surface area contributed by atoms with Gasteiger partial charge >= 0.3 is 0 Å². The summed E-state index contributed by atoms with van der Waals surface area (Å²) >= 11 is 0. The van der Waals surface area contributed by atoms with E-state index in [1.165, 1.54) is 50.0 Å². The molecule has 0 unspecified atom stereocenters. The maximum absolute atomic E-state index is 4.57. The van der Waals surface area contributed by atoms with Crippen LogP contribution in [0.5, 0.6) is 0 Å². The van der Waals surface area contributed by atoms with Crippen LogP contribution >= 0.6 is 0 Å². The highest BCUT2D eigenvalue weighted by atomic mass is 15.2. The third-order valence-electron chi connectivity index (χ3n) is 8.15. The maximum atomic E-state index is 4.57. The molecule has 0 saturated carbocycles. The van der Waals surface area contributed by atoms with Gasteiger partial charge < -0.3 is 0 Å². The van der Waals surface area contributed by atoms with Crippen molar-refractivity contribution >= 4 is 11.0 Å². The third kappa shape index (κ3) is 4.40. The molecule has 0 aliphatic heterocycles. The average molecular weight is 543 g/mol. The van der Waals surface area contributed by atoms with Crippen molar-refractivity contribution in [3.05, 3.63) is 151 Å². The Balaban J connectivity index is 1.70. The first-order chi connectivity index (χ1) is 20.6. The number of rotatable bonds is 5. The Morgan fingerprint density at radius 2 is 1.14 bits per heavy atom. The number of nitrogens with zero attached hydrogens (tertiary/aromatic N) is 3. The summed E-state index contributed by atoms with van der Waals surface area (Å²) in [6.45, 7) is 4.32. The van der Waals surface area contributed by atoms with E-state index < -0.39 is 0 Å². The van der Waals surface area contributed by atoms with Crippen molar-refractivity contribution in [2.24, 2.45) is 7.05 Å². The number of imidazole rings is 1. The molecule has 2 heterocycles. The van der Waals surface area contributed by atoms with Gasteiger partial charge in [-0.25, -0.2) is 4.57 Å². The van der Waals surface area contributed by atoms with Gasteiger partial charge in [0.2, 0.25) is 0 Å². The normalized spacial score (nSPS) is 11.2. The van der Waals surface area contributed by atoms with Crippen LogP contribution in [0.15, 0.2) is 140 Å². The fourth-order valence-electron chi connectivity index (χ4n) is 6.04. The van der Waals surface area contributed by atoms with Crippen LogP contribution in [0, 0.1) is 13.8 Å². The molecule has 0 spiro atoms. The monoisotopic (exact) mass is 542 g/mol. The molecule has 0 fully saturated rings. The number of pyridine rings is 1. The molecule has 3 heteroatoms. The van der Waals surface area contributed by atoms with Crippen molar-refractivity contribution < 1.29 is 4.57 Å². The minimum Gasteiger partial charge on any atom is -0.264 e. The second-order valence-electron chi connectivity index (χ2n) is 10.9. The lowest BCUT2D eigenvalue weighted by atomic mass is 9.90. The largest absolute Gasteiger partial charge is 0.296 e. The lowest BCUT2D eigenvalue weighted by Crippen LogP contribution is -2.30. The van der Waals surface area contributed by atoms with E-state index >= 15 is 0 Å². The molecule has 2 aromatic heterocycles. The highest BCUT2D eigenvalue weighted by molar-refractivity contribution is 5.94. The Morgan fingerprint density at radius 3 is 1.71 bits per heavy atom. The Bertz CT molecular complexity index is 1980. The average Bonchev–Trinajstić information content (AvgIpc) is 3.32. The molecule has 7 rings (SSSR count). The fourth-order valence-corrected chi connectivity index (χ4v) is 6.04. The minimum atomic E-state index is 1.10. The Kier molecular flexibility index (Phi) is 6.48. The van der Waals surface area contributed by atoms with Gasteiger partial charge in [-0.1, -0.05) is 97.1 Å². The number of benzene rings is 5. The molecule has 202 valence electrons. The van der Waals surface area contributed by atoms with Crippen molar-refractivity contribution in [1.29, 1.82) is 0 Å². The zero-order valence-electron chi connectivity index (χ0n) is 24.1. The Morgan fingerprint density at radius 1 is 0.571 bits per heavy atom. The smallest absolute Gasteiger partial charge is 0.264 e. The molecule has 3 nitrogen and oxygen atoms in total. The van der Waals surface area contributed by atoms with Gasteiger partial charge in [-0.2, -0.15) is 4.57 Å². The van der Waals surface area contributed by atoms with E-state index in [0.29, 0.717) is 0 Å². The van der Waals surface area contributed by atoms with Crippen molar-refractivity contribution in [3.8, 4) is 50.5 Å². The van der Waals surface area contributed by atoms with Crippen LogP contribution < -0.4 is 4.57 Å². The molecular formula is C39H32N3+. The second kappa shape index (κ2) is 10.6. The first kappa shape index (κ1) is 25.7. The summed E-state index contributed by atoms with van der Waals surface area (Å²) in [5, 5.41) is 0. The first-order valence-corrected chi connectivity index (χ1v) is 14.4. The molecule has 0 radical (unpaired) electrons. The van der Waals surface area contributed by atoms with Gasteiger partial charge in [-0.15, -0.1) is 0 Å². The van der Waals surface area contributed by atoms with Crippen molar-refractivity contribution in [2.75, 3.05) is 0 Å². The topological polar surface area (TPSA) is 21.7 Å². The molecule has 0 N–H and O–H groups in total. The van der Waals surface area contributed by atoms with Crippen LogP contribution in [-0.2, 0) is 7.05 Å². The summed E-state index contributed by atoms with van der Waals surface area (Å²) in [5.41, 5.74) is 14.1. The van der Waals surface area contributed by atoms with Crippen LogP contribution in [0.4, 0.5) is 0 Å². The van der Waals surface area contributed by atoms with E-state index in [-0.39, 0.29) is 0 Å². The van der Waals surface area contributed by atoms with E-state index in [4.69, 9.17) is 0 Å². The molecule has 0 atom stereocenters. The summed E-state index contributed by atoms with van der Waals surface area (Å²) in [5.74, 6) is 1.10. The van der Waals surface area contributed by atoms with E-state index in [0.717, 1.165) is 22.6 Å². The Hall–Kier alpha value is -5.28. The van der Waals surface area contributed by atoms with Crippen LogP contribution in [0.1, 0.15) is 11.1 Å². The number of hydrogen-bond acceptors (Lipinski definition) is 1. The van der Waals surface area contributed by atoms with E-state index in [1.807, 2.05) is 12.4 Å². The second-order valence-corrected chi connectivity index (χ2v) is 10.9. The van der Waals surface area contributed by atoms with Crippen molar-refractivity contribution in [1.82, 2.24) is 9.55 Å². The van der Waals surface area contributed by atoms with Gasteiger partial charge in [-0.3, -0.25) is 4.98 Å². The number of aryl methyl sites for hydroxylation is 3. The standard InChI is InChI=1S/C39H32N3/c1-27-19-20-36-37(23-27)41(3)39(35-26-40-22-21-28(35)2)42(36)38-33(30-15-9-5-10-16-30)24-32(29-13-7-4-8-14-29)25-34(38)31-17-11-6-12-18-31/h4-26H,1-3H3/q+1. The zero-order chi connectivity index (χ0) is 28.6. The molecule has 0 bridgehead atoms. The molecule has 7 aromatic rings. The maximum Gasteiger partial charge on any atom is 0.296 e. The van der Waals surface area contributed by atoms with Crippen LogP contribution in [0.3, 0.4) is 0 Å². The third-order valence-corrected chi connectivity index (χ3v) is 8.15. The number of hydrogen-bond donors (Lipinski definition) is 0. The zero-order valence-corrected chi connectivity index (χ0v) is 24.1. The fraction of sp³-hybridized carbons (Fsp3) is 0.0769. The quantitative estimate of drug-likeness (QED) is 0.199. The van der Waals surface area contributed by atoms with Gasteiger partial charge in [0.1, 0.15) is 5.69 Å². The summed E-state index contributed by atoms with van der Waals surface area (Å²) in [4.78, 5) is 4.57. The van der Waals surface area contributed by atoms with Gasteiger partial charge in [0, 0.05) is 23.5 Å². The predicted molar refractivity (Wildman–Crippen MR) is 173 cm³/mol. The Labute approximate surface area is 247 Å².